The molecule has 0 heterocycles. The molecule has 0 radical (unpaired) electrons. The van der Waals surface area contributed by atoms with Crippen molar-refractivity contribution in [3.63, 3.8) is 0 Å². The van der Waals surface area contributed by atoms with E-state index < -0.39 is 0 Å². The molecule has 0 bridgehead atoms. The molecule has 2 aliphatic rings. The van der Waals surface area contributed by atoms with Gasteiger partial charge >= 0.3 is 120 Å². The monoisotopic (exact) mass is 856 g/mol. The Morgan fingerprint density at radius 3 is 1.72 bits per heavy atom. The summed E-state index contributed by atoms with van der Waals surface area (Å²) in [6.45, 7) is 18.2. The van der Waals surface area contributed by atoms with Crippen LogP contribution >= 0.6 is 48.0 Å². The normalized spacial score (nSPS) is 12.4. The van der Waals surface area contributed by atoms with Crippen molar-refractivity contribution in [2.24, 2.45) is 0 Å². The van der Waals surface area contributed by atoms with Gasteiger partial charge in [-0.3, -0.25) is 6.08 Å². The maximum absolute atomic E-state index is 5.98. The molecule has 0 N–H and O–H groups in total. The molecule has 46 heavy (non-hydrogen) atoms. The third-order valence-corrected chi connectivity index (χ3v) is 10.4. The smallest absolute Gasteiger partial charge is 0.109 e. The van der Waals surface area contributed by atoms with E-state index in [0.717, 1.165) is 46.8 Å². The maximum atomic E-state index is 5.98. The summed E-state index contributed by atoms with van der Waals surface area (Å²) in [6.07, 6.45) is 11.0. The summed E-state index contributed by atoms with van der Waals surface area (Å²) in [6, 6.07) is 26.8. The molecular weight excluding hydrogens is 813 g/mol. The van der Waals surface area contributed by atoms with Gasteiger partial charge in [0.1, 0.15) is 0 Å². The van der Waals surface area contributed by atoms with E-state index in [2.05, 4.69) is 104 Å². The van der Waals surface area contributed by atoms with Crippen LogP contribution < -0.4 is 0 Å². The van der Waals surface area contributed by atoms with Crippen molar-refractivity contribution >= 4 is 51.3 Å². The van der Waals surface area contributed by atoms with E-state index in [1.165, 1.54) is 58.9 Å². The summed E-state index contributed by atoms with van der Waals surface area (Å²) in [5.41, 5.74) is 14.0. The molecule has 2 aliphatic carbocycles. The van der Waals surface area contributed by atoms with E-state index in [4.69, 9.17) is 23.2 Å². The van der Waals surface area contributed by atoms with Crippen molar-refractivity contribution in [1.29, 1.82) is 0 Å². The van der Waals surface area contributed by atoms with Crippen LogP contribution in [0.5, 0.6) is 0 Å². The van der Waals surface area contributed by atoms with Gasteiger partial charge in [-0.15, -0.1) is 47.9 Å². The van der Waals surface area contributed by atoms with Crippen molar-refractivity contribution in [2.45, 2.75) is 79.1 Å². The zero-order valence-corrected chi connectivity index (χ0v) is 34.8. The molecule has 0 atom stereocenters. The molecule has 0 nitrogen and oxygen atoms in total. The predicted octanol–water partition coefficient (Wildman–Crippen LogP) is 12.5. The standard InChI is InChI=1S/C23H29.C13H8Cl2.C5H5.2ClH.Hf/c1-14-9-16-11-17-10-15(2)21(23(6,7)8)13-19(17)18(16)12-20(14)22(3,4)5;14-12-5-1-3-10(8-12)7-11-4-2-6-13(15)9-11;1-2-4-5-3-1;;;/h9,12-13H,11H2,1-8H3;1-6,8-9H;1-3H,4H2;2*1H;/q-1;;-1;;;+2. The Bertz CT molecular complexity index is 1610. The van der Waals surface area contributed by atoms with Gasteiger partial charge in [0.15, 0.2) is 0 Å². The van der Waals surface area contributed by atoms with E-state index in [-0.39, 0.29) is 35.6 Å². The topological polar surface area (TPSA) is 0 Å². The van der Waals surface area contributed by atoms with Crippen LogP contribution in [0.25, 0.3) is 11.1 Å². The second-order valence-corrected chi connectivity index (χ2v) is 16.3. The second-order valence-electron chi connectivity index (χ2n) is 13.6. The molecular formula is C41H44Cl4Hf. The van der Waals surface area contributed by atoms with Crippen molar-refractivity contribution in [1.82, 2.24) is 0 Å². The van der Waals surface area contributed by atoms with Crippen LogP contribution in [0.2, 0.25) is 10.0 Å². The number of hydrogen-bond acceptors (Lipinski definition) is 0. The van der Waals surface area contributed by atoms with Crippen molar-refractivity contribution in [2.75, 3.05) is 0 Å². The average Bonchev–Trinajstić information content (AvgIpc) is 3.62. The Morgan fingerprint density at radius 1 is 0.739 bits per heavy atom. The van der Waals surface area contributed by atoms with Crippen LogP contribution in [0.3, 0.4) is 0 Å². The summed E-state index contributed by atoms with van der Waals surface area (Å²) in [5, 5.41) is 1.54. The molecule has 6 rings (SSSR count). The zero-order chi connectivity index (χ0) is 32.2. The van der Waals surface area contributed by atoms with E-state index in [9.17, 15) is 0 Å². The Morgan fingerprint density at radius 2 is 1.28 bits per heavy atom. The minimum atomic E-state index is 0. The van der Waals surface area contributed by atoms with Crippen LogP contribution in [-0.4, -0.2) is 3.26 Å². The molecule has 0 amide bonds. The minimum Gasteiger partial charge on any atom is -0.273 e. The number of rotatable bonds is 2. The quantitative estimate of drug-likeness (QED) is 0.123. The van der Waals surface area contributed by atoms with Crippen LogP contribution in [-0.2, 0) is 41.1 Å². The Hall–Kier alpha value is -1.74. The summed E-state index contributed by atoms with van der Waals surface area (Å²) >= 11 is 12.9. The van der Waals surface area contributed by atoms with Gasteiger partial charge in [-0.05, 0) is 35.4 Å². The van der Waals surface area contributed by atoms with Gasteiger partial charge in [0, 0.05) is 0 Å². The molecule has 0 aromatic heterocycles. The first-order valence-electron chi connectivity index (χ1n) is 15.2. The van der Waals surface area contributed by atoms with Gasteiger partial charge in [-0.1, -0.05) is 71.6 Å². The van der Waals surface area contributed by atoms with Gasteiger partial charge < -0.3 is 0 Å². The Labute approximate surface area is 314 Å². The Balaban J connectivity index is 0.000000278. The first-order chi connectivity index (χ1) is 20.6. The molecule has 4 aromatic carbocycles. The average molecular weight is 857 g/mol. The minimum absolute atomic E-state index is 0. The van der Waals surface area contributed by atoms with Crippen LogP contribution in [0, 0.1) is 26.0 Å². The van der Waals surface area contributed by atoms with Crippen molar-refractivity contribution in [3.05, 3.63) is 152 Å². The first-order valence-corrected chi connectivity index (χ1v) is 17.7. The molecule has 0 saturated carbocycles. The molecule has 240 valence electrons. The van der Waals surface area contributed by atoms with Gasteiger partial charge in [0.25, 0.3) is 0 Å². The summed E-state index contributed by atoms with van der Waals surface area (Å²) in [5.74, 6) is 0. The zero-order valence-electron chi connectivity index (χ0n) is 28.1. The molecule has 5 heteroatoms. The maximum Gasteiger partial charge on any atom is -0.109 e. The Kier molecular flexibility index (Phi) is 15.0. The van der Waals surface area contributed by atoms with E-state index in [1.807, 2.05) is 48.6 Å². The van der Waals surface area contributed by atoms with Crippen LogP contribution in [0.4, 0.5) is 0 Å². The molecule has 0 unspecified atom stereocenters. The van der Waals surface area contributed by atoms with E-state index in [0.29, 0.717) is 0 Å². The number of allylic oxidation sites excluding steroid dienone is 4. The molecule has 0 aliphatic heterocycles. The number of hydrogen-bond donors (Lipinski definition) is 0. The number of fused-ring (bicyclic) bond motifs is 3. The number of benzene rings is 4. The summed E-state index contributed by atoms with van der Waals surface area (Å²) in [4.78, 5) is 0. The van der Waals surface area contributed by atoms with Crippen molar-refractivity contribution < 1.29 is 23.9 Å². The fourth-order valence-corrected chi connectivity index (χ4v) is 7.32. The second kappa shape index (κ2) is 17.1. The van der Waals surface area contributed by atoms with Gasteiger partial charge in [-0.25, -0.2) is 12.2 Å². The fourth-order valence-electron chi connectivity index (χ4n) is 5.82. The summed E-state index contributed by atoms with van der Waals surface area (Å²) in [7, 11) is 0. The first kappa shape index (κ1) is 40.4. The van der Waals surface area contributed by atoms with Crippen molar-refractivity contribution in [3.8, 4) is 11.1 Å². The van der Waals surface area contributed by atoms with Gasteiger partial charge in [0.05, 0.1) is 0 Å². The van der Waals surface area contributed by atoms with Gasteiger partial charge in [0.2, 0.25) is 0 Å². The van der Waals surface area contributed by atoms with E-state index >= 15 is 0 Å². The third-order valence-electron chi connectivity index (χ3n) is 7.89. The SMILES string of the molecule is Cc1[c-]c2c(cc1C(C)(C)C)-c1cc(C(C)(C)C)c(C)cc1C2.Cl.Cl.Clc1cccc([C](=[Hf+2])c2cccc(Cl)c2)c1.[C-]1=CC=CC1. The summed E-state index contributed by atoms with van der Waals surface area (Å²) < 4.78 is 1.31. The van der Waals surface area contributed by atoms with Crippen LogP contribution in [0.1, 0.15) is 92.5 Å². The van der Waals surface area contributed by atoms with Gasteiger partial charge in [-0.2, -0.15) is 23.8 Å². The molecule has 0 saturated heterocycles. The van der Waals surface area contributed by atoms with E-state index in [1.54, 1.807) is 0 Å². The molecule has 4 aromatic rings. The third kappa shape index (κ3) is 10.4. The van der Waals surface area contributed by atoms with Crippen LogP contribution in [0.15, 0.2) is 85.0 Å². The number of halogens is 4. The number of aryl methyl sites for hydroxylation is 2. The fraction of sp³-hybridized carbons (Fsp3) is 0.293. The molecule has 0 spiro atoms. The largest absolute Gasteiger partial charge is 0.273 e. The predicted molar refractivity (Wildman–Crippen MR) is 203 cm³/mol. The molecule has 0 fully saturated rings.